The Bertz CT molecular complexity index is 803. The van der Waals surface area contributed by atoms with Crippen LogP contribution < -0.4 is 10.6 Å². The first kappa shape index (κ1) is 19.5. The third kappa shape index (κ3) is 3.85. The Hall–Kier alpha value is -3.30. The van der Waals surface area contributed by atoms with E-state index >= 15 is 0 Å². The number of hydrogen-bond donors (Lipinski definition) is 2. The molecule has 2 amide bonds. The lowest BCUT2D eigenvalue weighted by Gasteiger charge is -2.31. The molecule has 0 saturated carbocycles. The van der Waals surface area contributed by atoms with Crippen molar-refractivity contribution < 1.29 is 29.1 Å². The number of carbonyl (C=O) groups excluding carboxylic acids is 3. The van der Waals surface area contributed by atoms with Crippen molar-refractivity contribution in [2.24, 2.45) is 11.1 Å². The average Bonchev–Trinajstić information content (AvgIpc) is 3.09. The molecule has 1 aromatic rings. The summed E-state index contributed by atoms with van der Waals surface area (Å²) in [5, 5.41) is 11.8. The second kappa shape index (κ2) is 8.15. The first-order chi connectivity index (χ1) is 13.4. The number of rotatable bonds is 4. The standard InChI is InChI=1S/C18H22N4O6/c1-27-17(24)11-4-6-21(7-5-11)16(23)15-10-22(18(25)28-15)14-3-2-13(19)8-12(14)9-20-26/h2-3,8-9,11,15,26H,4-7,10,19H2,1H3/b20-9-. The molecular formula is C18H22N4O6. The number of methoxy groups -OCH3 is 1. The Labute approximate surface area is 161 Å². The normalized spacial score (nSPS) is 20.5. The van der Waals surface area contributed by atoms with Crippen LogP contribution in [0.3, 0.4) is 0 Å². The highest BCUT2D eigenvalue weighted by Gasteiger charge is 2.41. The summed E-state index contributed by atoms with van der Waals surface area (Å²) in [6.45, 7) is 0.832. The van der Waals surface area contributed by atoms with Crippen LogP contribution in [0.5, 0.6) is 0 Å². The van der Waals surface area contributed by atoms with E-state index in [-0.39, 0.29) is 24.3 Å². The zero-order chi connectivity index (χ0) is 20.3. The van der Waals surface area contributed by atoms with E-state index in [2.05, 4.69) is 5.16 Å². The minimum Gasteiger partial charge on any atom is -0.469 e. The number of nitrogens with zero attached hydrogens (tertiary/aromatic N) is 3. The lowest BCUT2D eigenvalue weighted by atomic mass is 9.96. The number of nitrogens with two attached hydrogens (primary N) is 1. The molecular weight excluding hydrogens is 368 g/mol. The number of esters is 1. The van der Waals surface area contributed by atoms with E-state index in [9.17, 15) is 14.4 Å². The molecule has 3 rings (SSSR count). The van der Waals surface area contributed by atoms with Crippen molar-refractivity contribution in [3.05, 3.63) is 23.8 Å². The van der Waals surface area contributed by atoms with Gasteiger partial charge in [0, 0.05) is 24.3 Å². The Kier molecular flexibility index (Phi) is 5.67. The second-order valence-corrected chi connectivity index (χ2v) is 6.67. The van der Waals surface area contributed by atoms with Crippen molar-refractivity contribution in [1.29, 1.82) is 0 Å². The Morgan fingerprint density at radius 1 is 1.36 bits per heavy atom. The smallest absolute Gasteiger partial charge is 0.415 e. The van der Waals surface area contributed by atoms with Crippen LogP contribution in [0, 0.1) is 5.92 Å². The fraction of sp³-hybridized carbons (Fsp3) is 0.444. The van der Waals surface area contributed by atoms with Crippen molar-refractivity contribution >= 4 is 35.6 Å². The summed E-state index contributed by atoms with van der Waals surface area (Å²) in [6.07, 6.45) is 0.570. The SMILES string of the molecule is COC(=O)C1CCN(C(=O)C2CN(c3ccc(N)cc3/C=N\O)C(=O)O2)CC1. The number of carbonyl (C=O) groups is 3. The molecule has 2 aliphatic rings. The van der Waals surface area contributed by atoms with Crippen LogP contribution in [-0.2, 0) is 19.1 Å². The van der Waals surface area contributed by atoms with Crippen molar-refractivity contribution in [3.63, 3.8) is 0 Å². The topological polar surface area (TPSA) is 135 Å². The quantitative estimate of drug-likeness (QED) is 0.255. The predicted octanol–water partition coefficient (Wildman–Crippen LogP) is 0.814. The lowest BCUT2D eigenvalue weighted by Crippen LogP contribution is -2.46. The maximum atomic E-state index is 12.8. The van der Waals surface area contributed by atoms with E-state index in [4.69, 9.17) is 20.4 Å². The minimum atomic E-state index is -0.946. The minimum absolute atomic E-state index is 0.0325. The van der Waals surface area contributed by atoms with E-state index in [1.54, 1.807) is 23.1 Å². The van der Waals surface area contributed by atoms with Crippen LogP contribution in [0.25, 0.3) is 0 Å². The number of benzene rings is 1. The van der Waals surface area contributed by atoms with Gasteiger partial charge in [0.25, 0.3) is 5.91 Å². The van der Waals surface area contributed by atoms with Gasteiger partial charge in [-0.15, -0.1) is 0 Å². The zero-order valence-electron chi connectivity index (χ0n) is 15.4. The van der Waals surface area contributed by atoms with E-state index in [1.807, 2.05) is 0 Å². The van der Waals surface area contributed by atoms with Gasteiger partial charge >= 0.3 is 12.1 Å². The molecule has 1 aromatic carbocycles. The molecule has 2 saturated heterocycles. The third-order valence-electron chi connectivity index (χ3n) is 4.97. The maximum Gasteiger partial charge on any atom is 0.415 e. The molecule has 10 nitrogen and oxygen atoms in total. The number of hydrogen-bond acceptors (Lipinski definition) is 8. The van der Waals surface area contributed by atoms with E-state index in [1.165, 1.54) is 12.0 Å². The zero-order valence-corrected chi connectivity index (χ0v) is 15.4. The number of likely N-dealkylation sites (tertiary alicyclic amines) is 1. The highest BCUT2D eigenvalue weighted by atomic mass is 16.6. The van der Waals surface area contributed by atoms with Gasteiger partial charge in [0.05, 0.1) is 31.5 Å². The van der Waals surface area contributed by atoms with Gasteiger partial charge in [-0.1, -0.05) is 5.16 Å². The van der Waals surface area contributed by atoms with Gasteiger partial charge in [-0.2, -0.15) is 0 Å². The number of oxime groups is 1. The molecule has 2 heterocycles. The van der Waals surface area contributed by atoms with E-state index in [0.29, 0.717) is 42.9 Å². The summed E-state index contributed by atoms with van der Waals surface area (Å²) in [6, 6.07) is 4.75. The number of cyclic esters (lactones) is 1. The summed E-state index contributed by atoms with van der Waals surface area (Å²) in [4.78, 5) is 39.6. The molecule has 150 valence electrons. The van der Waals surface area contributed by atoms with E-state index < -0.39 is 12.2 Å². The van der Waals surface area contributed by atoms with Gasteiger partial charge in [-0.05, 0) is 31.0 Å². The Morgan fingerprint density at radius 2 is 2.07 bits per heavy atom. The lowest BCUT2D eigenvalue weighted by molar-refractivity contribution is -0.150. The van der Waals surface area contributed by atoms with Gasteiger partial charge in [-0.25, -0.2) is 4.79 Å². The average molecular weight is 390 g/mol. The number of piperidine rings is 1. The highest BCUT2D eigenvalue weighted by Crippen LogP contribution is 2.28. The summed E-state index contributed by atoms with van der Waals surface area (Å²) in [5.41, 5.74) is 7.02. The molecule has 3 N–H and O–H groups in total. The van der Waals surface area contributed by atoms with Gasteiger partial charge in [0.1, 0.15) is 0 Å². The molecule has 0 aromatic heterocycles. The summed E-state index contributed by atoms with van der Waals surface area (Å²) >= 11 is 0. The molecule has 0 spiro atoms. The largest absolute Gasteiger partial charge is 0.469 e. The molecule has 1 atom stereocenters. The highest BCUT2D eigenvalue weighted by molar-refractivity contribution is 6.00. The summed E-state index contributed by atoms with van der Waals surface area (Å²) in [5.74, 6) is -0.786. The van der Waals surface area contributed by atoms with Crippen molar-refractivity contribution in [2.75, 3.05) is 37.4 Å². The first-order valence-corrected chi connectivity index (χ1v) is 8.86. The van der Waals surface area contributed by atoms with Crippen LogP contribution in [0.1, 0.15) is 18.4 Å². The number of amides is 2. The number of ether oxygens (including phenoxy) is 2. The Morgan fingerprint density at radius 3 is 2.71 bits per heavy atom. The van der Waals surface area contributed by atoms with Gasteiger partial charge in [0.2, 0.25) is 0 Å². The van der Waals surface area contributed by atoms with Crippen LogP contribution in [0.2, 0.25) is 0 Å². The van der Waals surface area contributed by atoms with Crippen LogP contribution in [0.4, 0.5) is 16.2 Å². The van der Waals surface area contributed by atoms with Gasteiger partial charge < -0.3 is 25.3 Å². The molecule has 2 aliphatic heterocycles. The summed E-state index contributed by atoms with van der Waals surface area (Å²) < 4.78 is 10.0. The van der Waals surface area contributed by atoms with Crippen LogP contribution in [0.15, 0.2) is 23.4 Å². The molecule has 28 heavy (non-hydrogen) atoms. The second-order valence-electron chi connectivity index (χ2n) is 6.67. The Balaban J connectivity index is 1.68. The van der Waals surface area contributed by atoms with Crippen LogP contribution >= 0.6 is 0 Å². The maximum absolute atomic E-state index is 12.8. The molecule has 0 radical (unpaired) electrons. The van der Waals surface area contributed by atoms with Crippen molar-refractivity contribution in [1.82, 2.24) is 4.90 Å². The van der Waals surface area contributed by atoms with Crippen molar-refractivity contribution in [2.45, 2.75) is 18.9 Å². The van der Waals surface area contributed by atoms with Gasteiger partial charge in [0.15, 0.2) is 6.10 Å². The predicted molar refractivity (Wildman–Crippen MR) is 99.2 cm³/mol. The molecule has 1 unspecified atom stereocenters. The van der Waals surface area contributed by atoms with E-state index in [0.717, 1.165) is 6.21 Å². The fourth-order valence-electron chi connectivity index (χ4n) is 3.48. The fourth-order valence-corrected chi connectivity index (χ4v) is 3.48. The summed E-state index contributed by atoms with van der Waals surface area (Å²) in [7, 11) is 1.35. The molecule has 0 bridgehead atoms. The van der Waals surface area contributed by atoms with Crippen molar-refractivity contribution in [3.8, 4) is 0 Å². The molecule has 0 aliphatic carbocycles. The number of nitrogen functional groups attached to an aromatic ring is 1. The number of anilines is 2. The third-order valence-corrected chi connectivity index (χ3v) is 4.97. The first-order valence-electron chi connectivity index (χ1n) is 8.86. The monoisotopic (exact) mass is 390 g/mol. The van der Waals surface area contributed by atoms with Crippen LogP contribution in [-0.4, -0.2) is 67.1 Å². The van der Waals surface area contributed by atoms with Gasteiger partial charge in [-0.3, -0.25) is 14.5 Å². The molecule has 2 fully saturated rings. The molecule has 10 heteroatoms.